The van der Waals surface area contributed by atoms with Crippen molar-refractivity contribution in [1.29, 1.82) is 0 Å². The van der Waals surface area contributed by atoms with E-state index in [1.165, 1.54) is 18.2 Å². The Morgan fingerprint density at radius 2 is 1.56 bits per heavy atom. The van der Waals surface area contributed by atoms with Crippen LogP contribution in [0, 0.1) is 0 Å². The van der Waals surface area contributed by atoms with E-state index in [2.05, 4.69) is 0 Å². The highest BCUT2D eigenvalue weighted by atomic mass is 35.5. The standard InChI is InChI=1S/C13H7Cl3F2/c14-9-5-4-7(6-11(9)16)12-8(13(17)18)2-1-3-10(12)15/h1-6,13H. The fourth-order valence-corrected chi connectivity index (χ4v) is 2.27. The molecule has 2 aromatic rings. The summed E-state index contributed by atoms with van der Waals surface area (Å²) >= 11 is 17.7. The van der Waals surface area contributed by atoms with Gasteiger partial charge in [0.2, 0.25) is 0 Å². The Hall–Kier alpha value is -0.830. The second-order valence-corrected chi connectivity index (χ2v) is 4.86. The number of benzene rings is 2. The summed E-state index contributed by atoms with van der Waals surface area (Å²) in [5.74, 6) is 0. The lowest BCUT2D eigenvalue weighted by molar-refractivity contribution is 0.152. The van der Waals surface area contributed by atoms with Crippen LogP contribution in [0.4, 0.5) is 8.78 Å². The molecule has 0 saturated heterocycles. The highest BCUT2D eigenvalue weighted by Crippen LogP contribution is 2.38. The average Bonchev–Trinajstić information content (AvgIpc) is 2.32. The first-order valence-corrected chi connectivity index (χ1v) is 6.16. The van der Waals surface area contributed by atoms with Crippen molar-refractivity contribution in [3.05, 3.63) is 57.0 Å². The van der Waals surface area contributed by atoms with E-state index >= 15 is 0 Å². The van der Waals surface area contributed by atoms with Crippen molar-refractivity contribution < 1.29 is 8.78 Å². The van der Waals surface area contributed by atoms with E-state index < -0.39 is 6.43 Å². The summed E-state index contributed by atoms with van der Waals surface area (Å²) in [6.07, 6.45) is -2.60. The lowest BCUT2D eigenvalue weighted by Crippen LogP contribution is -1.91. The zero-order chi connectivity index (χ0) is 13.3. The van der Waals surface area contributed by atoms with Gasteiger partial charge in [0.15, 0.2) is 0 Å². The van der Waals surface area contributed by atoms with E-state index in [9.17, 15) is 8.78 Å². The predicted octanol–water partition coefficient (Wildman–Crippen LogP) is 6.25. The molecule has 0 nitrogen and oxygen atoms in total. The van der Waals surface area contributed by atoms with Crippen molar-refractivity contribution in [2.45, 2.75) is 6.43 Å². The summed E-state index contributed by atoms with van der Waals surface area (Å²) in [5.41, 5.74) is 0.680. The highest BCUT2D eigenvalue weighted by molar-refractivity contribution is 6.42. The molecule has 0 radical (unpaired) electrons. The molecule has 0 bridgehead atoms. The first-order valence-electron chi connectivity index (χ1n) is 5.02. The number of halogens is 5. The van der Waals surface area contributed by atoms with Gasteiger partial charge in [-0.15, -0.1) is 0 Å². The van der Waals surface area contributed by atoms with Crippen molar-refractivity contribution in [3.8, 4) is 11.1 Å². The average molecular weight is 308 g/mol. The normalized spacial score (nSPS) is 11.0. The molecule has 18 heavy (non-hydrogen) atoms. The van der Waals surface area contributed by atoms with Gasteiger partial charge in [-0.2, -0.15) is 0 Å². The maximum atomic E-state index is 13.0. The maximum Gasteiger partial charge on any atom is 0.264 e. The lowest BCUT2D eigenvalue weighted by atomic mass is 10.00. The molecule has 0 atom stereocenters. The van der Waals surface area contributed by atoms with Crippen molar-refractivity contribution in [2.24, 2.45) is 0 Å². The molecule has 0 aliphatic carbocycles. The van der Waals surface area contributed by atoms with Gasteiger partial charge in [0.25, 0.3) is 6.43 Å². The molecule has 94 valence electrons. The summed E-state index contributed by atoms with van der Waals surface area (Å²) in [5, 5.41) is 0.923. The Labute approximate surface area is 118 Å². The molecule has 2 aromatic carbocycles. The fraction of sp³-hybridized carbons (Fsp3) is 0.0769. The van der Waals surface area contributed by atoms with E-state index in [-0.39, 0.29) is 16.1 Å². The molecule has 0 amide bonds. The molecule has 0 aliphatic heterocycles. The van der Waals surface area contributed by atoms with Gasteiger partial charge in [0.1, 0.15) is 0 Å². The molecule has 0 aromatic heterocycles. The van der Waals surface area contributed by atoms with E-state index in [1.54, 1.807) is 18.2 Å². The monoisotopic (exact) mass is 306 g/mol. The fourth-order valence-electron chi connectivity index (χ4n) is 1.68. The van der Waals surface area contributed by atoms with Crippen molar-refractivity contribution in [1.82, 2.24) is 0 Å². The minimum absolute atomic E-state index is 0.124. The Morgan fingerprint density at radius 3 is 2.17 bits per heavy atom. The Morgan fingerprint density at radius 1 is 0.833 bits per heavy atom. The third-order valence-electron chi connectivity index (χ3n) is 2.49. The summed E-state index contributed by atoms with van der Waals surface area (Å²) < 4.78 is 25.9. The van der Waals surface area contributed by atoms with Gasteiger partial charge < -0.3 is 0 Å². The van der Waals surface area contributed by atoms with Crippen LogP contribution in [0.5, 0.6) is 0 Å². The number of rotatable bonds is 2. The lowest BCUT2D eigenvalue weighted by Gasteiger charge is -2.11. The molecular weight excluding hydrogens is 300 g/mol. The Bertz CT molecular complexity index is 582. The number of hydrogen-bond donors (Lipinski definition) is 0. The van der Waals surface area contributed by atoms with E-state index in [0.717, 1.165) is 0 Å². The van der Waals surface area contributed by atoms with Crippen LogP contribution in [0.3, 0.4) is 0 Å². The quantitative estimate of drug-likeness (QED) is 0.615. The third kappa shape index (κ3) is 2.61. The molecule has 0 N–H and O–H groups in total. The van der Waals surface area contributed by atoms with Crippen LogP contribution in [-0.4, -0.2) is 0 Å². The number of hydrogen-bond acceptors (Lipinski definition) is 0. The van der Waals surface area contributed by atoms with Crippen LogP contribution in [-0.2, 0) is 0 Å². The smallest absolute Gasteiger partial charge is 0.205 e. The van der Waals surface area contributed by atoms with Crippen LogP contribution < -0.4 is 0 Å². The molecule has 0 heterocycles. The minimum atomic E-state index is -2.60. The van der Waals surface area contributed by atoms with Crippen molar-refractivity contribution in [3.63, 3.8) is 0 Å². The van der Waals surface area contributed by atoms with E-state index in [4.69, 9.17) is 34.8 Å². The maximum absolute atomic E-state index is 13.0. The molecule has 0 spiro atoms. The molecule has 0 saturated carbocycles. The van der Waals surface area contributed by atoms with Gasteiger partial charge in [-0.25, -0.2) is 8.78 Å². The number of alkyl halides is 2. The minimum Gasteiger partial charge on any atom is -0.205 e. The van der Waals surface area contributed by atoms with Crippen LogP contribution in [0.25, 0.3) is 11.1 Å². The highest BCUT2D eigenvalue weighted by Gasteiger charge is 2.17. The Kier molecular flexibility index (Phi) is 4.10. The van der Waals surface area contributed by atoms with Gasteiger partial charge in [0.05, 0.1) is 10.0 Å². The predicted molar refractivity (Wildman–Crippen MR) is 71.9 cm³/mol. The van der Waals surface area contributed by atoms with Crippen LogP contribution in [0.2, 0.25) is 15.1 Å². The third-order valence-corrected chi connectivity index (χ3v) is 3.54. The van der Waals surface area contributed by atoms with Gasteiger partial charge >= 0.3 is 0 Å². The van der Waals surface area contributed by atoms with Gasteiger partial charge in [-0.3, -0.25) is 0 Å². The molecule has 2 rings (SSSR count). The van der Waals surface area contributed by atoms with E-state index in [1.807, 2.05) is 0 Å². The second kappa shape index (κ2) is 5.43. The summed E-state index contributed by atoms with van der Waals surface area (Å²) in [6.45, 7) is 0. The molecule has 0 unspecified atom stereocenters. The molecular formula is C13H7Cl3F2. The molecule has 0 aliphatic rings. The second-order valence-electron chi connectivity index (χ2n) is 3.63. The van der Waals surface area contributed by atoms with Crippen molar-refractivity contribution in [2.75, 3.05) is 0 Å². The zero-order valence-corrected chi connectivity index (χ0v) is 11.2. The zero-order valence-electron chi connectivity index (χ0n) is 8.93. The largest absolute Gasteiger partial charge is 0.264 e. The molecule has 5 heteroatoms. The van der Waals surface area contributed by atoms with Crippen molar-refractivity contribution >= 4 is 34.8 Å². The van der Waals surface area contributed by atoms with Gasteiger partial charge in [0, 0.05) is 16.1 Å². The molecule has 0 fully saturated rings. The van der Waals surface area contributed by atoms with Crippen LogP contribution in [0.1, 0.15) is 12.0 Å². The van der Waals surface area contributed by atoms with Gasteiger partial charge in [-0.1, -0.05) is 53.0 Å². The van der Waals surface area contributed by atoms with Crippen LogP contribution in [0.15, 0.2) is 36.4 Å². The topological polar surface area (TPSA) is 0 Å². The van der Waals surface area contributed by atoms with E-state index in [0.29, 0.717) is 15.6 Å². The first kappa shape index (κ1) is 13.6. The first-order chi connectivity index (χ1) is 8.50. The van der Waals surface area contributed by atoms with Gasteiger partial charge in [-0.05, 0) is 23.8 Å². The Balaban J connectivity index is 2.66. The summed E-state index contributed by atoms with van der Waals surface area (Å²) in [7, 11) is 0. The SMILES string of the molecule is FC(F)c1cccc(Cl)c1-c1ccc(Cl)c(Cl)c1. The van der Waals surface area contributed by atoms with Crippen LogP contribution >= 0.6 is 34.8 Å². The summed E-state index contributed by atoms with van der Waals surface area (Å²) in [6, 6.07) is 9.08. The summed E-state index contributed by atoms with van der Waals surface area (Å²) in [4.78, 5) is 0.